The van der Waals surface area contributed by atoms with Crippen LogP contribution in [0.5, 0.6) is 0 Å². The van der Waals surface area contributed by atoms with Crippen LogP contribution in [0.25, 0.3) is 0 Å². The van der Waals surface area contributed by atoms with Gasteiger partial charge in [-0.25, -0.2) is 5.84 Å². The Balaban J connectivity index is 3.28. The number of carbonyl (C=O) groups excluding carboxylic acids is 2. The molecule has 9 heteroatoms. The average Bonchev–Trinajstić information content (AvgIpc) is 2.33. The highest BCUT2D eigenvalue weighted by Gasteiger charge is 2.36. The normalized spacial score (nSPS) is 17.3. The molecule has 1 aliphatic heterocycles. The van der Waals surface area contributed by atoms with Gasteiger partial charge >= 0.3 is 6.18 Å². The maximum atomic E-state index is 12.6. The highest BCUT2D eigenvalue weighted by atomic mass is 19.4. The maximum absolute atomic E-state index is 12.6. The fourth-order valence-corrected chi connectivity index (χ4v) is 2.07. The van der Waals surface area contributed by atoms with Crippen LogP contribution in [0.4, 0.5) is 13.2 Å². The molecule has 6 nitrogen and oxygen atoms in total. The Morgan fingerprint density at radius 2 is 1.95 bits per heavy atom. The second kappa shape index (κ2) is 6.00. The van der Waals surface area contributed by atoms with Gasteiger partial charge in [0, 0.05) is 24.1 Å². The number of rotatable bonds is 5. The summed E-state index contributed by atoms with van der Waals surface area (Å²) in [4.78, 5) is 22.6. The first-order valence-corrected chi connectivity index (χ1v) is 5.83. The summed E-state index contributed by atoms with van der Waals surface area (Å²) in [7, 11) is 0. The van der Waals surface area contributed by atoms with Crippen molar-refractivity contribution in [2.75, 3.05) is 0 Å². The van der Waals surface area contributed by atoms with Crippen LogP contribution in [-0.4, -0.2) is 23.0 Å². The standard InChI is InChI=1S/C12H15F3N4O2/c1-2-6(4-12(13,14)15)8-3-7(10(16)20)5-19(18)9(8)11(17)21/h2,5-6H,1,3-4,18H2,(H2,16,20)(H2,17,21)/t6-/m0/s1. The SMILES string of the molecule is C=C[C@@H](CC(F)(F)F)C1=C(C(N)=O)N(N)C=C(C(N)=O)C1. The Hall–Kier alpha value is -2.29. The Kier molecular flexibility index (Phi) is 4.79. The van der Waals surface area contributed by atoms with Crippen LogP contribution in [0.15, 0.2) is 35.7 Å². The molecule has 21 heavy (non-hydrogen) atoms. The van der Waals surface area contributed by atoms with E-state index < -0.39 is 30.3 Å². The lowest BCUT2D eigenvalue weighted by molar-refractivity contribution is -0.139. The van der Waals surface area contributed by atoms with Gasteiger partial charge in [0.25, 0.3) is 5.91 Å². The molecular weight excluding hydrogens is 289 g/mol. The number of carbonyl (C=O) groups is 2. The van der Waals surface area contributed by atoms with E-state index in [1.165, 1.54) is 0 Å². The largest absolute Gasteiger partial charge is 0.389 e. The molecule has 116 valence electrons. The quantitative estimate of drug-likeness (QED) is 0.504. The third-order valence-electron chi connectivity index (χ3n) is 2.97. The van der Waals surface area contributed by atoms with E-state index in [0.717, 1.165) is 12.3 Å². The van der Waals surface area contributed by atoms with Gasteiger partial charge in [-0.2, -0.15) is 13.2 Å². The molecule has 6 N–H and O–H groups in total. The zero-order chi connectivity index (χ0) is 16.4. The van der Waals surface area contributed by atoms with Crippen molar-refractivity contribution in [1.82, 2.24) is 5.01 Å². The second-order valence-corrected chi connectivity index (χ2v) is 4.50. The van der Waals surface area contributed by atoms with E-state index in [4.69, 9.17) is 17.3 Å². The molecule has 0 bridgehead atoms. The highest BCUT2D eigenvalue weighted by Crippen LogP contribution is 2.36. The van der Waals surface area contributed by atoms with Crippen molar-refractivity contribution in [3.8, 4) is 0 Å². The van der Waals surface area contributed by atoms with Gasteiger partial charge in [0.2, 0.25) is 5.91 Å². The van der Waals surface area contributed by atoms with Crippen molar-refractivity contribution in [3.63, 3.8) is 0 Å². The molecule has 0 radical (unpaired) electrons. The van der Waals surface area contributed by atoms with E-state index in [1.54, 1.807) is 0 Å². The number of hydrogen-bond donors (Lipinski definition) is 3. The molecule has 1 atom stereocenters. The molecule has 0 aromatic rings. The Morgan fingerprint density at radius 3 is 2.33 bits per heavy atom. The van der Waals surface area contributed by atoms with Gasteiger partial charge in [-0.15, -0.1) is 6.58 Å². The predicted octanol–water partition coefficient (Wildman–Crippen LogP) is 0.429. The summed E-state index contributed by atoms with van der Waals surface area (Å²) in [6.07, 6.45) is -3.87. The van der Waals surface area contributed by atoms with Crippen molar-refractivity contribution >= 4 is 11.8 Å². The number of primary amides is 2. The lowest BCUT2D eigenvalue weighted by atomic mass is 9.86. The number of halogens is 3. The monoisotopic (exact) mass is 304 g/mol. The van der Waals surface area contributed by atoms with Crippen LogP contribution in [0.2, 0.25) is 0 Å². The molecule has 0 saturated carbocycles. The molecule has 0 aromatic heterocycles. The molecule has 1 aliphatic rings. The minimum atomic E-state index is -4.48. The molecule has 2 amide bonds. The Bertz CT molecular complexity index is 537. The molecule has 1 heterocycles. The third-order valence-corrected chi connectivity index (χ3v) is 2.97. The van der Waals surface area contributed by atoms with Gasteiger partial charge in [-0.05, 0) is 5.57 Å². The van der Waals surface area contributed by atoms with Gasteiger partial charge in [-0.3, -0.25) is 14.6 Å². The number of nitrogens with zero attached hydrogens (tertiary/aromatic N) is 1. The first-order valence-electron chi connectivity index (χ1n) is 5.83. The van der Waals surface area contributed by atoms with E-state index in [2.05, 4.69) is 6.58 Å². The van der Waals surface area contributed by atoms with Crippen molar-refractivity contribution in [2.24, 2.45) is 23.2 Å². The zero-order valence-corrected chi connectivity index (χ0v) is 11.0. The van der Waals surface area contributed by atoms with Gasteiger partial charge < -0.3 is 11.5 Å². The zero-order valence-electron chi connectivity index (χ0n) is 11.0. The van der Waals surface area contributed by atoms with Crippen molar-refractivity contribution < 1.29 is 22.8 Å². The summed E-state index contributed by atoms with van der Waals surface area (Å²) in [5.74, 6) is 2.45. The van der Waals surface area contributed by atoms with Gasteiger partial charge in [0.05, 0.1) is 6.42 Å². The van der Waals surface area contributed by atoms with Crippen LogP contribution in [0, 0.1) is 5.92 Å². The molecule has 1 rings (SSSR count). The molecule has 0 saturated heterocycles. The van der Waals surface area contributed by atoms with Crippen molar-refractivity contribution in [3.05, 3.63) is 35.7 Å². The van der Waals surface area contributed by atoms with Crippen molar-refractivity contribution in [1.29, 1.82) is 0 Å². The summed E-state index contributed by atoms with van der Waals surface area (Å²) >= 11 is 0. The van der Waals surface area contributed by atoms with Gasteiger partial charge in [0.15, 0.2) is 0 Å². The van der Waals surface area contributed by atoms with E-state index >= 15 is 0 Å². The van der Waals surface area contributed by atoms with Crippen LogP contribution in [0.3, 0.4) is 0 Å². The summed E-state index contributed by atoms with van der Waals surface area (Å²) in [5.41, 5.74) is 9.90. The average molecular weight is 304 g/mol. The minimum absolute atomic E-state index is 0.0217. The number of hydrazine groups is 1. The van der Waals surface area contributed by atoms with Crippen LogP contribution in [-0.2, 0) is 9.59 Å². The summed E-state index contributed by atoms with van der Waals surface area (Å²) in [6, 6.07) is 0. The van der Waals surface area contributed by atoms with Crippen LogP contribution >= 0.6 is 0 Å². The topological polar surface area (TPSA) is 115 Å². The molecule has 0 spiro atoms. The van der Waals surface area contributed by atoms with E-state index in [1.807, 2.05) is 0 Å². The number of alkyl halides is 3. The van der Waals surface area contributed by atoms with E-state index in [-0.39, 0.29) is 23.3 Å². The van der Waals surface area contributed by atoms with Crippen molar-refractivity contribution in [2.45, 2.75) is 19.0 Å². The second-order valence-electron chi connectivity index (χ2n) is 4.50. The van der Waals surface area contributed by atoms with E-state index in [9.17, 15) is 22.8 Å². The van der Waals surface area contributed by atoms with E-state index in [0.29, 0.717) is 5.01 Å². The summed E-state index contributed by atoms with van der Waals surface area (Å²) in [6.45, 7) is 3.33. The maximum Gasteiger partial charge on any atom is 0.389 e. The van der Waals surface area contributed by atoms with Gasteiger partial charge in [0.1, 0.15) is 5.70 Å². The van der Waals surface area contributed by atoms with Crippen LogP contribution < -0.4 is 17.3 Å². The molecule has 0 aromatic carbocycles. The number of amides is 2. The van der Waals surface area contributed by atoms with Crippen LogP contribution in [0.1, 0.15) is 12.8 Å². The predicted molar refractivity (Wildman–Crippen MR) is 68.5 cm³/mol. The molecule has 0 aliphatic carbocycles. The summed E-state index contributed by atoms with van der Waals surface area (Å²) < 4.78 is 37.8. The minimum Gasteiger partial charge on any atom is -0.366 e. The lowest BCUT2D eigenvalue weighted by Gasteiger charge is -2.29. The molecular formula is C12H15F3N4O2. The van der Waals surface area contributed by atoms with Gasteiger partial charge in [-0.1, -0.05) is 6.08 Å². The highest BCUT2D eigenvalue weighted by molar-refractivity contribution is 5.96. The smallest absolute Gasteiger partial charge is 0.366 e. The fourth-order valence-electron chi connectivity index (χ4n) is 2.07. The summed E-state index contributed by atoms with van der Waals surface area (Å²) in [5, 5.41) is 0.716. The lowest BCUT2D eigenvalue weighted by Crippen LogP contribution is -2.39. The number of nitrogens with two attached hydrogens (primary N) is 3. The first-order chi connectivity index (χ1) is 9.56. The Labute approximate surface area is 118 Å². The molecule has 0 fully saturated rings. The molecule has 0 unspecified atom stereocenters. The fraction of sp³-hybridized carbons (Fsp3) is 0.333. The first kappa shape index (κ1) is 16.8. The Morgan fingerprint density at radius 1 is 1.38 bits per heavy atom. The number of allylic oxidation sites excluding steroid dienone is 2. The third kappa shape index (κ3) is 4.09. The number of hydrogen-bond acceptors (Lipinski definition) is 4.